The lowest BCUT2D eigenvalue weighted by atomic mass is 9.80. The number of nitrogens with two attached hydrogens (primary N) is 1. The van der Waals surface area contributed by atoms with Crippen LogP contribution in [0.4, 0.5) is 10.5 Å². The van der Waals surface area contributed by atoms with Gasteiger partial charge in [-0.15, -0.1) is 0 Å². The number of hydrogen-bond donors (Lipinski definition) is 3. The molecule has 4 N–H and O–H groups in total. The third-order valence-corrected chi connectivity index (χ3v) is 11.1. The standard InChI is InChI=1S/C34H43N5O6S/c1-34(2)20-29-31(26-5-3-4-6-28(26)39(29)30(40)21-34)22-7-12-25(32(35)41)27(19-22)37-23-8-10-24(11-9-23)45-33(42)36-13-14-38-15-17-46(43,44)18-16-38/h3-7,12,19,23-24,37H,8-11,13-18,20-21H2,1-2H3,(H2,35,41)(H,36,42). The molecule has 2 fully saturated rings. The van der Waals surface area contributed by atoms with Crippen molar-refractivity contribution < 1.29 is 27.5 Å². The summed E-state index contributed by atoms with van der Waals surface area (Å²) in [6, 6.07) is 13.7. The molecule has 0 bridgehead atoms. The highest BCUT2D eigenvalue weighted by molar-refractivity contribution is 7.91. The first kappa shape index (κ1) is 32.1. The Morgan fingerprint density at radius 1 is 1.02 bits per heavy atom. The second-order valence-corrected chi connectivity index (χ2v) is 16.0. The van der Waals surface area contributed by atoms with E-state index in [1.165, 1.54) is 0 Å². The zero-order chi connectivity index (χ0) is 32.6. The minimum Gasteiger partial charge on any atom is -0.446 e. The van der Waals surface area contributed by atoms with Gasteiger partial charge in [-0.25, -0.2) is 13.2 Å². The highest BCUT2D eigenvalue weighted by atomic mass is 32.2. The van der Waals surface area contributed by atoms with Gasteiger partial charge in [0, 0.05) is 61.0 Å². The van der Waals surface area contributed by atoms with E-state index < -0.39 is 21.8 Å². The number of benzene rings is 2. The van der Waals surface area contributed by atoms with Crippen LogP contribution in [0.3, 0.4) is 0 Å². The smallest absolute Gasteiger partial charge is 0.407 e. The van der Waals surface area contributed by atoms with Crippen LogP contribution in [-0.2, 0) is 21.0 Å². The number of alkyl carbamates (subject to hydrolysis) is 1. The Labute approximate surface area is 269 Å². The number of nitrogens with one attached hydrogen (secondary N) is 2. The summed E-state index contributed by atoms with van der Waals surface area (Å²) in [6.45, 7) is 6.19. The molecule has 2 aromatic carbocycles. The summed E-state index contributed by atoms with van der Waals surface area (Å²) >= 11 is 0. The van der Waals surface area contributed by atoms with Crippen molar-refractivity contribution in [1.82, 2.24) is 14.8 Å². The Balaban J connectivity index is 1.11. The largest absolute Gasteiger partial charge is 0.446 e. The quantitative estimate of drug-likeness (QED) is 0.328. The predicted molar refractivity (Wildman–Crippen MR) is 178 cm³/mol. The molecule has 3 aliphatic rings. The van der Waals surface area contributed by atoms with Gasteiger partial charge >= 0.3 is 6.09 Å². The third kappa shape index (κ3) is 6.92. The number of ether oxygens (including phenoxy) is 1. The number of sulfone groups is 1. The van der Waals surface area contributed by atoms with E-state index in [0.717, 1.165) is 47.0 Å². The van der Waals surface area contributed by atoms with E-state index in [1.807, 2.05) is 45.9 Å². The first-order valence-electron chi connectivity index (χ1n) is 16.1. The number of rotatable bonds is 8. The maximum absolute atomic E-state index is 13.3. The highest BCUT2D eigenvalue weighted by Gasteiger charge is 2.35. The Kier molecular flexibility index (Phi) is 8.86. The molecule has 1 aliphatic carbocycles. The van der Waals surface area contributed by atoms with E-state index in [2.05, 4.69) is 24.5 Å². The molecule has 0 atom stereocenters. The lowest BCUT2D eigenvalue weighted by molar-refractivity contribution is 0.0725. The molecular formula is C34H43N5O6S. The van der Waals surface area contributed by atoms with E-state index in [1.54, 1.807) is 6.07 Å². The molecule has 0 unspecified atom stereocenters. The third-order valence-electron chi connectivity index (χ3n) is 9.51. The summed E-state index contributed by atoms with van der Waals surface area (Å²) in [4.78, 5) is 40.2. The summed E-state index contributed by atoms with van der Waals surface area (Å²) in [5.41, 5.74) is 10.5. The van der Waals surface area contributed by atoms with Gasteiger partial charge in [0.25, 0.3) is 5.91 Å². The Hall–Kier alpha value is -3.90. The van der Waals surface area contributed by atoms with Crippen molar-refractivity contribution in [2.75, 3.05) is 43.0 Å². The van der Waals surface area contributed by atoms with Crippen molar-refractivity contribution in [1.29, 1.82) is 0 Å². The summed E-state index contributed by atoms with van der Waals surface area (Å²) in [7, 11) is -2.93. The first-order chi connectivity index (χ1) is 21.9. The van der Waals surface area contributed by atoms with Gasteiger partial charge in [0.15, 0.2) is 9.84 Å². The van der Waals surface area contributed by atoms with Crippen LogP contribution in [0.2, 0.25) is 0 Å². The molecule has 46 heavy (non-hydrogen) atoms. The molecule has 1 aromatic heterocycles. The molecular weight excluding hydrogens is 606 g/mol. The Morgan fingerprint density at radius 3 is 2.46 bits per heavy atom. The topological polar surface area (TPSA) is 153 Å². The van der Waals surface area contributed by atoms with Gasteiger partial charge in [0.05, 0.1) is 22.6 Å². The van der Waals surface area contributed by atoms with E-state index in [0.29, 0.717) is 56.7 Å². The molecule has 1 saturated carbocycles. The fraction of sp³-hybridized carbons (Fsp3) is 0.500. The van der Waals surface area contributed by atoms with Crippen LogP contribution in [0, 0.1) is 5.41 Å². The summed E-state index contributed by atoms with van der Waals surface area (Å²) < 4.78 is 30.7. The second kappa shape index (κ2) is 12.7. The van der Waals surface area contributed by atoms with Gasteiger partial charge in [-0.05, 0) is 61.3 Å². The van der Waals surface area contributed by atoms with Crippen molar-refractivity contribution >= 4 is 44.3 Å². The molecule has 3 aromatic rings. The summed E-state index contributed by atoms with van der Waals surface area (Å²) in [6.07, 6.45) is 3.40. The van der Waals surface area contributed by atoms with Crippen molar-refractivity contribution in [2.45, 2.75) is 64.5 Å². The number of carbonyl (C=O) groups excluding carboxylic acids is 3. The zero-order valence-electron chi connectivity index (χ0n) is 26.5. The average molecular weight is 650 g/mol. The van der Waals surface area contributed by atoms with Crippen molar-refractivity contribution in [3.63, 3.8) is 0 Å². The molecule has 246 valence electrons. The van der Waals surface area contributed by atoms with E-state index >= 15 is 0 Å². The summed E-state index contributed by atoms with van der Waals surface area (Å²) in [5, 5.41) is 7.35. The Bertz CT molecular complexity index is 1760. The van der Waals surface area contributed by atoms with Crippen LogP contribution in [-0.4, -0.2) is 85.6 Å². The van der Waals surface area contributed by atoms with Gasteiger partial charge in [-0.2, -0.15) is 0 Å². The van der Waals surface area contributed by atoms with Gasteiger partial charge in [-0.1, -0.05) is 38.1 Å². The van der Waals surface area contributed by atoms with Gasteiger partial charge in [-0.3, -0.25) is 19.1 Å². The molecule has 0 spiro atoms. The number of para-hydroxylation sites is 1. The molecule has 12 heteroatoms. The number of fused-ring (bicyclic) bond motifs is 3. The number of aromatic nitrogens is 1. The monoisotopic (exact) mass is 649 g/mol. The van der Waals surface area contributed by atoms with Crippen LogP contribution >= 0.6 is 0 Å². The number of carbonyl (C=O) groups is 3. The molecule has 1 saturated heterocycles. The first-order valence-corrected chi connectivity index (χ1v) is 17.9. The molecule has 11 nitrogen and oxygen atoms in total. The number of hydrogen-bond acceptors (Lipinski definition) is 8. The predicted octanol–water partition coefficient (Wildman–Crippen LogP) is 4.20. The number of anilines is 1. The fourth-order valence-corrected chi connectivity index (χ4v) is 8.41. The van der Waals surface area contributed by atoms with Gasteiger partial charge in [0.1, 0.15) is 6.10 Å². The van der Waals surface area contributed by atoms with Crippen molar-refractivity contribution in [2.24, 2.45) is 11.1 Å². The van der Waals surface area contributed by atoms with Gasteiger partial charge in [0.2, 0.25) is 5.91 Å². The van der Waals surface area contributed by atoms with Crippen LogP contribution in [0.1, 0.15) is 66.8 Å². The summed E-state index contributed by atoms with van der Waals surface area (Å²) in [5.74, 6) is -0.114. The van der Waals surface area contributed by atoms with Crippen LogP contribution in [0.25, 0.3) is 22.0 Å². The average Bonchev–Trinajstić information content (AvgIpc) is 3.32. The number of amides is 2. The normalized spacial score (nSPS) is 22.6. The number of primary amides is 1. The maximum atomic E-state index is 13.3. The van der Waals surface area contributed by atoms with E-state index in [4.69, 9.17) is 10.5 Å². The highest BCUT2D eigenvalue weighted by Crippen LogP contribution is 2.43. The lowest BCUT2D eigenvalue weighted by Gasteiger charge is -2.31. The maximum Gasteiger partial charge on any atom is 0.407 e. The molecule has 6 rings (SSSR count). The number of nitrogens with zero attached hydrogens (tertiary/aromatic N) is 2. The van der Waals surface area contributed by atoms with Gasteiger partial charge < -0.3 is 21.1 Å². The van der Waals surface area contributed by atoms with Crippen LogP contribution in [0.15, 0.2) is 42.5 Å². The van der Waals surface area contributed by atoms with Crippen LogP contribution < -0.4 is 16.4 Å². The zero-order valence-corrected chi connectivity index (χ0v) is 27.3. The fourth-order valence-electron chi connectivity index (χ4n) is 7.13. The second-order valence-electron chi connectivity index (χ2n) is 13.7. The lowest BCUT2D eigenvalue weighted by Crippen LogP contribution is -2.44. The van der Waals surface area contributed by atoms with Crippen molar-refractivity contribution in [3.05, 3.63) is 53.7 Å². The SMILES string of the molecule is CC1(C)CC(=O)n2c(c(-c3ccc(C(N)=O)c(NC4CCC(OC(=O)NCCN5CCS(=O)(=O)CC5)CC4)c3)c3ccccc32)C1. The molecule has 2 aliphatic heterocycles. The van der Waals surface area contributed by atoms with Crippen molar-refractivity contribution in [3.8, 4) is 11.1 Å². The minimum atomic E-state index is -2.93. The Morgan fingerprint density at radius 2 is 1.74 bits per heavy atom. The van der Waals surface area contributed by atoms with E-state index in [-0.39, 0.29) is 35.0 Å². The minimum absolute atomic E-state index is 0.0619. The molecule has 2 amide bonds. The van der Waals surface area contributed by atoms with Crippen LogP contribution in [0.5, 0.6) is 0 Å². The van der Waals surface area contributed by atoms with E-state index in [9.17, 15) is 22.8 Å². The molecule has 3 heterocycles. The molecule has 0 radical (unpaired) electrons.